The number of hydrogen-bond acceptors (Lipinski definition) is 5. The molecule has 2 aromatic carbocycles. The van der Waals surface area contributed by atoms with E-state index in [9.17, 15) is 13.2 Å². The van der Waals surface area contributed by atoms with Crippen molar-refractivity contribution in [2.45, 2.75) is 25.7 Å². The van der Waals surface area contributed by atoms with E-state index in [1.807, 2.05) is 32.0 Å². The fourth-order valence-corrected chi connectivity index (χ4v) is 3.44. The maximum atomic E-state index is 12.3. The van der Waals surface area contributed by atoms with Crippen molar-refractivity contribution >= 4 is 16.0 Å². The summed E-state index contributed by atoms with van der Waals surface area (Å²) in [5, 5.41) is 0. The lowest BCUT2D eigenvalue weighted by Crippen LogP contribution is -2.28. The molecular formula is C19H23NO5S. The lowest BCUT2D eigenvalue weighted by molar-refractivity contribution is 0.0526. The van der Waals surface area contributed by atoms with Crippen LogP contribution in [0.5, 0.6) is 5.75 Å². The van der Waals surface area contributed by atoms with Crippen LogP contribution in [0.25, 0.3) is 0 Å². The molecule has 0 saturated heterocycles. The molecule has 0 spiro atoms. The highest BCUT2D eigenvalue weighted by Gasteiger charge is 2.15. The molecule has 1 N–H and O–H groups in total. The summed E-state index contributed by atoms with van der Waals surface area (Å²) < 4.78 is 37.5. The van der Waals surface area contributed by atoms with Gasteiger partial charge in [0.2, 0.25) is 10.0 Å². The molecule has 0 heterocycles. The monoisotopic (exact) mass is 377 g/mol. The number of sulfonamides is 1. The molecule has 26 heavy (non-hydrogen) atoms. The Morgan fingerprint density at radius 3 is 2.23 bits per heavy atom. The quantitative estimate of drug-likeness (QED) is 0.565. The van der Waals surface area contributed by atoms with Crippen LogP contribution in [0.1, 0.15) is 28.4 Å². The summed E-state index contributed by atoms with van der Waals surface area (Å²) in [7, 11) is -3.67. The van der Waals surface area contributed by atoms with Gasteiger partial charge in [-0.25, -0.2) is 17.9 Å². The Labute approximate surface area is 154 Å². The first-order valence-electron chi connectivity index (χ1n) is 8.30. The maximum Gasteiger partial charge on any atom is 0.338 e. The Morgan fingerprint density at radius 1 is 1.04 bits per heavy atom. The van der Waals surface area contributed by atoms with Gasteiger partial charge in [-0.1, -0.05) is 6.07 Å². The molecule has 2 rings (SSSR count). The number of rotatable bonds is 8. The van der Waals surface area contributed by atoms with Crippen molar-refractivity contribution in [3.63, 3.8) is 0 Å². The summed E-state index contributed by atoms with van der Waals surface area (Å²) in [4.78, 5) is 11.7. The maximum absolute atomic E-state index is 12.3. The lowest BCUT2D eigenvalue weighted by atomic mass is 10.1. The van der Waals surface area contributed by atoms with E-state index in [-0.39, 0.29) is 24.7 Å². The molecule has 7 heteroatoms. The summed E-state index contributed by atoms with van der Waals surface area (Å²) in [6, 6.07) is 11.4. The molecule has 0 radical (unpaired) electrons. The second kappa shape index (κ2) is 8.82. The predicted octanol–water partition coefficient (Wildman–Crippen LogP) is 2.84. The molecule has 6 nitrogen and oxygen atoms in total. The van der Waals surface area contributed by atoms with Crippen LogP contribution in [0.3, 0.4) is 0 Å². The minimum Gasteiger partial charge on any atom is -0.492 e. The first-order chi connectivity index (χ1) is 12.3. The second-order valence-corrected chi connectivity index (χ2v) is 7.58. The van der Waals surface area contributed by atoms with Crippen LogP contribution in [-0.2, 0) is 14.8 Å². The van der Waals surface area contributed by atoms with Gasteiger partial charge in [0.1, 0.15) is 12.4 Å². The predicted molar refractivity (Wildman–Crippen MR) is 99.0 cm³/mol. The van der Waals surface area contributed by atoms with E-state index >= 15 is 0 Å². The second-order valence-electron chi connectivity index (χ2n) is 5.81. The molecule has 0 aliphatic carbocycles. The van der Waals surface area contributed by atoms with Crippen LogP contribution >= 0.6 is 0 Å². The minimum absolute atomic E-state index is 0.0805. The first-order valence-corrected chi connectivity index (χ1v) is 9.78. The standard InChI is InChI=1S/C19H23NO5S/c1-4-24-19(21)16-5-7-18(8-6-16)26(22,23)20-9-10-25-17-12-14(2)11-15(3)13-17/h5-8,11-13,20H,4,9-10H2,1-3H3. The number of aryl methyl sites for hydroxylation is 2. The molecular weight excluding hydrogens is 354 g/mol. The van der Waals surface area contributed by atoms with Crippen LogP contribution in [0.15, 0.2) is 47.4 Å². The van der Waals surface area contributed by atoms with Gasteiger partial charge in [0.25, 0.3) is 0 Å². The molecule has 0 aromatic heterocycles. The summed E-state index contributed by atoms with van der Waals surface area (Å²) in [6.45, 7) is 6.27. The number of carbonyl (C=O) groups excluding carboxylic acids is 1. The van der Waals surface area contributed by atoms with E-state index < -0.39 is 16.0 Å². The molecule has 140 valence electrons. The highest BCUT2D eigenvalue weighted by atomic mass is 32.2. The first kappa shape index (κ1) is 19.9. The van der Waals surface area contributed by atoms with Crippen molar-refractivity contribution in [2.24, 2.45) is 0 Å². The number of nitrogens with one attached hydrogen (secondary N) is 1. The summed E-state index contributed by atoms with van der Waals surface area (Å²) in [5.41, 5.74) is 2.48. The van der Waals surface area contributed by atoms with Gasteiger partial charge in [-0.2, -0.15) is 0 Å². The highest BCUT2D eigenvalue weighted by Crippen LogP contribution is 2.16. The normalized spacial score (nSPS) is 11.2. The molecule has 0 fully saturated rings. The third-order valence-corrected chi connectivity index (χ3v) is 5.01. The molecule has 0 bridgehead atoms. The third kappa shape index (κ3) is 5.57. The fourth-order valence-electron chi connectivity index (χ4n) is 2.43. The Bertz CT molecular complexity index is 840. The largest absolute Gasteiger partial charge is 0.492 e. The van der Waals surface area contributed by atoms with E-state index in [4.69, 9.17) is 9.47 Å². The zero-order chi connectivity index (χ0) is 19.2. The van der Waals surface area contributed by atoms with Crippen molar-refractivity contribution in [1.82, 2.24) is 4.72 Å². The number of ether oxygens (including phenoxy) is 2. The number of hydrogen-bond donors (Lipinski definition) is 1. The van der Waals surface area contributed by atoms with Crippen molar-refractivity contribution in [2.75, 3.05) is 19.8 Å². The van der Waals surface area contributed by atoms with E-state index in [0.29, 0.717) is 11.3 Å². The molecule has 0 unspecified atom stereocenters. The Hall–Kier alpha value is -2.38. The van der Waals surface area contributed by atoms with Crippen LogP contribution in [0, 0.1) is 13.8 Å². The Kier molecular flexibility index (Phi) is 6.76. The van der Waals surface area contributed by atoms with Crippen LogP contribution in [-0.4, -0.2) is 34.1 Å². The van der Waals surface area contributed by atoms with Crippen molar-refractivity contribution in [3.05, 3.63) is 59.2 Å². The number of benzene rings is 2. The van der Waals surface area contributed by atoms with Gasteiger partial charge in [0, 0.05) is 6.54 Å². The van der Waals surface area contributed by atoms with Gasteiger partial charge in [-0.05, 0) is 68.3 Å². The summed E-state index contributed by atoms with van der Waals surface area (Å²) in [5.74, 6) is 0.228. The zero-order valence-corrected chi connectivity index (χ0v) is 15.9. The van der Waals surface area contributed by atoms with Gasteiger partial charge in [-0.15, -0.1) is 0 Å². The molecule has 0 saturated carbocycles. The van der Waals surface area contributed by atoms with Crippen molar-refractivity contribution in [3.8, 4) is 5.75 Å². The van der Waals surface area contributed by atoms with Crippen LogP contribution < -0.4 is 9.46 Å². The zero-order valence-electron chi connectivity index (χ0n) is 15.1. The number of esters is 1. The smallest absolute Gasteiger partial charge is 0.338 e. The summed E-state index contributed by atoms with van der Waals surface area (Å²) >= 11 is 0. The molecule has 0 aliphatic rings. The van der Waals surface area contributed by atoms with Crippen LogP contribution in [0.4, 0.5) is 0 Å². The Balaban J connectivity index is 1.91. The SMILES string of the molecule is CCOC(=O)c1ccc(S(=O)(=O)NCCOc2cc(C)cc(C)c2)cc1. The van der Waals surface area contributed by atoms with E-state index in [2.05, 4.69) is 4.72 Å². The molecule has 0 atom stereocenters. The fraction of sp³-hybridized carbons (Fsp3) is 0.316. The van der Waals surface area contributed by atoms with Gasteiger partial charge >= 0.3 is 5.97 Å². The van der Waals surface area contributed by atoms with Gasteiger partial charge in [-0.3, -0.25) is 0 Å². The van der Waals surface area contributed by atoms with E-state index in [0.717, 1.165) is 11.1 Å². The van der Waals surface area contributed by atoms with E-state index in [1.165, 1.54) is 24.3 Å². The molecule has 0 amide bonds. The van der Waals surface area contributed by atoms with Gasteiger partial charge in [0.05, 0.1) is 17.1 Å². The highest BCUT2D eigenvalue weighted by molar-refractivity contribution is 7.89. The Morgan fingerprint density at radius 2 is 1.65 bits per heavy atom. The van der Waals surface area contributed by atoms with Crippen molar-refractivity contribution < 1.29 is 22.7 Å². The molecule has 2 aromatic rings. The lowest BCUT2D eigenvalue weighted by Gasteiger charge is -2.10. The average Bonchev–Trinajstić information content (AvgIpc) is 2.58. The average molecular weight is 377 g/mol. The molecule has 0 aliphatic heterocycles. The van der Waals surface area contributed by atoms with E-state index in [1.54, 1.807) is 6.92 Å². The van der Waals surface area contributed by atoms with Gasteiger partial charge in [0.15, 0.2) is 0 Å². The van der Waals surface area contributed by atoms with Gasteiger partial charge < -0.3 is 9.47 Å². The van der Waals surface area contributed by atoms with Crippen LogP contribution in [0.2, 0.25) is 0 Å². The number of carbonyl (C=O) groups is 1. The third-order valence-electron chi connectivity index (χ3n) is 3.53. The minimum atomic E-state index is -3.67. The summed E-state index contributed by atoms with van der Waals surface area (Å²) in [6.07, 6.45) is 0. The topological polar surface area (TPSA) is 81.7 Å². The van der Waals surface area contributed by atoms with Crippen molar-refractivity contribution in [1.29, 1.82) is 0 Å².